The Labute approximate surface area is 191 Å². The highest BCUT2D eigenvalue weighted by Crippen LogP contribution is 2.29. The van der Waals surface area contributed by atoms with E-state index in [1.165, 1.54) is 12.1 Å². The van der Waals surface area contributed by atoms with Crippen LogP contribution >= 0.6 is 0 Å². The number of amides is 1. The van der Waals surface area contributed by atoms with Crippen molar-refractivity contribution in [3.63, 3.8) is 0 Å². The number of benzene rings is 2. The molecule has 0 spiro atoms. The monoisotopic (exact) mass is 444 g/mol. The summed E-state index contributed by atoms with van der Waals surface area (Å²) in [6.07, 6.45) is 2.13. The van der Waals surface area contributed by atoms with Crippen molar-refractivity contribution in [3.05, 3.63) is 78.2 Å². The molecule has 168 valence electrons. The van der Waals surface area contributed by atoms with Crippen LogP contribution in [0, 0.1) is 5.82 Å². The molecule has 1 fully saturated rings. The second kappa shape index (κ2) is 7.97. The molecule has 2 N–H and O–H groups in total. The van der Waals surface area contributed by atoms with Crippen LogP contribution in [0.15, 0.2) is 66.9 Å². The number of nitrogens with two attached hydrogens (primary N) is 1. The number of aromatic nitrogens is 3. The summed E-state index contributed by atoms with van der Waals surface area (Å²) in [4.78, 5) is 20.5. The summed E-state index contributed by atoms with van der Waals surface area (Å²) < 4.78 is 15.3. The third kappa shape index (κ3) is 4.17. The topological polar surface area (TPSA) is 79.8 Å². The predicted molar refractivity (Wildman–Crippen MR) is 126 cm³/mol. The molecular weight excluding hydrogens is 419 g/mol. The average Bonchev–Trinajstić information content (AvgIpc) is 3.32. The van der Waals surface area contributed by atoms with Gasteiger partial charge in [0.25, 0.3) is 0 Å². The molecular formula is C25H25FN6O. The van der Waals surface area contributed by atoms with Crippen LogP contribution in [-0.2, 0) is 11.3 Å². The second-order valence-electron chi connectivity index (χ2n) is 8.95. The molecule has 0 aliphatic carbocycles. The Morgan fingerprint density at radius 2 is 1.94 bits per heavy atom. The van der Waals surface area contributed by atoms with Crippen molar-refractivity contribution in [3.8, 4) is 11.3 Å². The van der Waals surface area contributed by atoms with Gasteiger partial charge in [0, 0.05) is 43.3 Å². The van der Waals surface area contributed by atoms with E-state index in [0.717, 1.165) is 34.0 Å². The lowest BCUT2D eigenvalue weighted by Crippen LogP contribution is -2.39. The number of imidazole rings is 1. The molecule has 1 aliphatic heterocycles. The SMILES string of the molecule is CN(Cc1cccc(F)c1)c1ccc2ncc(-c3ccc(N4CC(C)(N)CC4=O)cc3)n2n1. The Bertz CT molecular complexity index is 1330. The summed E-state index contributed by atoms with van der Waals surface area (Å²) in [5, 5.41) is 4.77. The van der Waals surface area contributed by atoms with Gasteiger partial charge in [0.1, 0.15) is 11.6 Å². The lowest BCUT2D eigenvalue weighted by Gasteiger charge is -2.20. The van der Waals surface area contributed by atoms with E-state index >= 15 is 0 Å². The minimum Gasteiger partial charge on any atom is -0.354 e. The zero-order valence-electron chi connectivity index (χ0n) is 18.6. The minimum atomic E-state index is -0.505. The molecule has 4 aromatic rings. The summed E-state index contributed by atoms with van der Waals surface area (Å²) in [7, 11) is 1.92. The van der Waals surface area contributed by atoms with Gasteiger partial charge < -0.3 is 15.5 Å². The van der Waals surface area contributed by atoms with E-state index in [-0.39, 0.29) is 11.7 Å². The maximum absolute atomic E-state index is 13.5. The first-order valence-electron chi connectivity index (χ1n) is 10.8. The van der Waals surface area contributed by atoms with Crippen LogP contribution in [0.2, 0.25) is 0 Å². The van der Waals surface area contributed by atoms with E-state index in [1.54, 1.807) is 21.7 Å². The first-order chi connectivity index (χ1) is 15.8. The van der Waals surface area contributed by atoms with Crippen molar-refractivity contribution >= 4 is 23.1 Å². The van der Waals surface area contributed by atoms with Crippen molar-refractivity contribution in [2.45, 2.75) is 25.4 Å². The summed E-state index contributed by atoms with van der Waals surface area (Å²) in [5.41, 5.74) is 9.85. The molecule has 7 nitrogen and oxygen atoms in total. The van der Waals surface area contributed by atoms with E-state index in [0.29, 0.717) is 19.5 Å². The molecule has 5 rings (SSSR count). The van der Waals surface area contributed by atoms with Crippen LogP contribution < -0.4 is 15.5 Å². The lowest BCUT2D eigenvalue weighted by atomic mass is 10.0. The van der Waals surface area contributed by atoms with Crippen molar-refractivity contribution < 1.29 is 9.18 Å². The number of rotatable bonds is 5. The van der Waals surface area contributed by atoms with Gasteiger partial charge in [-0.25, -0.2) is 13.9 Å². The van der Waals surface area contributed by atoms with Crippen molar-refractivity contribution in [1.82, 2.24) is 14.6 Å². The van der Waals surface area contributed by atoms with Crippen LogP contribution in [0.1, 0.15) is 18.9 Å². The van der Waals surface area contributed by atoms with Crippen LogP contribution in [-0.4, -0.2) is 39.6 Å². The maximum Gasteiger partial charge on any atom is 0.228 e. The Balaban J connectivity index is 1.41. The lowest BCUT2D eigenvalue weighted by molar-refractivity contribution is -0.117. The predicted octanol–water partition coefficient (Wildman–Crippen LogP) is 3.63. The zero-order valence-corrected chi connectivity index (χ0v) is 18.6. The minimum absolute atomic E-state index is 0.0372. The fraction of sp³-hybridized carbons (Fsp3) is 0.240. The number of carbonyl (C=O) groups is 1. The second-order valence-corrected chi connectivity index (χ2v) is 8.95. The Hall–Kier alpha value is -3.78. The number of hydrogen-bond acceptors (Lipinski definition) is 5. The smallest absolute Gasteiger partial charge is 0.228 e. The third-order valence-corrected chi connectivity index (χ3v) is 5.90. The van der Waals surface area contributed by atoms with Crippen molar-refractivity contribution in [1.29, 1.82) is 0 Å². The molecule has 33 heavy (non-hydrogen) atoms. The maximum atomic E-state index is 13.5. The van der Waals surface area contributed by atoms with Crippen LogP contribution in [0.4, 0.5) is 15.9 Å². The molecule has 0 radical (unpaired) electrons. The molecule has 0 bridgehead atoms. The molecule has 3 heterocycles. The molecule has 1 atom stereocenters. The third-order valence-electron chi connectivity index (χ3n) is 5.90. The highest BCUT2D eigenvalue weighted by molar-refractivity contribution is 5.97. The normalized spacial score (nSPS) is 18.3. The average molecular weight is 445 g/mol. The molecule has 2 aromatic carbocycles. The van der Waals surface area contributed by atoms with Crippen LogP contribution in [0.5, 0.6) is 0 Å². The summed E-state index contributed by atoms with van der Waals surface area (Å²) >= 11 is 0. The van der Waals surface area contributed by atoms with Gasteiger partial charge in [0.15, 0.2) is 5.65 Å². The van der Waals surface area contributed by atoms with Crippen LogP contribution in [0.3, 0.4) is 0 Å². The van der Waals surface area contributed by atoms with E-state index in [9.17, 15) is 9.18 Å². The number of fused-ring (bicyclic) bond motifs is 1. The van der Waals surface area contributed by atoms with Gasteiger partial charge in [-0.05, 0) is 48.9 Å². The standard InChI is InChI=1S/C25H25FN6O/c1-25(27)13-24(33)31(16-25)20-8-6-18(7-9-20)21-14-28-22-10-11-23(29-32(21)22)30(2)15-17-4-3-5-19(26)12-17/h3-12,14H,13,15-16,27H2,1-2H3. The van der Waals surface area contributed by atoms with Crippen molar-refractivity contribution in [2.75, 3.05) is 23.4 Å². The van der Waals surface area contributed by atoms with Gasteiger partial charge >= 0.3 is 0 Å². The Morgan fingerprint density at radius 1 is 1.15 bits per heavy atom. The number of halogens is 1. The fourth-order valence-electron chi connectivity index (χ4n) is 4.25. The van der Waals surface area contributed by atoms with Gasteiger partial charge in [-0.1, -0.05) is 24.3 Å². The largest absolute Gasteiger partial charge is 0.354 e. The molecule has 1 saturated heterocycles. The van der Waals surface area contributed by atoms with E-state index in [2.05, 4.69) is 4.98 Å². The Morgan fingerprint density at radius 3 is 2.64 bits per heavy atom. The Kier molecular flexibility index (Phi) is 5.09. The van der Waals surface area contributed by atoms with Gasteiger partial charge in [0.2, 0.25) is 5.91 Å². The molecule has 8 heteroatoms. The van der Waals surface area contributed by atoms with Crippen molar-refractivity contribution in [2.24, 2.45) is 5.73 Å². The van der Waals surface area contributed by atoms with Gasteiger partial charge in [0.05, 0.1) is 11.9 Å². The number of hydrogen-bond donors (Lipinski definition) is 1. The summed E-state index contributed by atoms with van der Waals surface area (Å²) in [6.45, 7) is 2.93. The molecule has 0 saturated carbocycles. The molecule has 1 unspecified atom stereocenters. The van der Waals surface area contributed by atoms with E-state index in [4.69, 9.17) is 10.8 Å². The number of carbonyl (C=O) groups excluding carboxylic acids is 1. The fourth-order valence-corrected chi connectivity index (χ4v) is 4.25. The quantitative estimate of drug-likeness (QED) is 0.509. The number of anilines is 2. The highest BCUT2D eigenvalue weighted by Gasteiger charge is 2.36. The molecule has 1 aliphatic rings. The first kappa shape index (κ1) is 21.1. The van der Waals surface area contributed by atoms with Gasteiger partial charge in [-0.15, -0.1) is 5.10 Å². The van der Waals surface area contributed by atoms with Crippen LogP contribution in [0.25, 0.3) is 16.9 Å². The molecule has 1 amide bonds. The van der Waals surface area contributed by atoms with Gasteiger partial charge in [-0.3, -0.25) is 4.79 Å². The van der Waals surface area contributed by atoms with E-state index in [1.807, 2.05) is 61.3 Å². The zero-order chi connectivity index (χ0) is 23.2. The van der Waals surface area contributed by atoms with E-state index < -0.39 is 5.54 Å². The van der Waals surface area contributed by atoms with Gasteiger partial charge in [-0.2, -0.15) is 0 Å². The summed E-state index contributed by atoms with van der Waals surface area (Å²) in [6, 6.07) is 18.1. The first-order valence-corrected chi connectivity index (χ1v) is 10.8. The molecule has 2 aromatic heterocycles. The summed E-state index contributed by atoms with van der Waals surface area (Å²) in [5.74, 6) is 0.527. The highest BCUT2D eigenvalue weighted by atomic mass is 19.1. The number of nitrogens with zero attached hydrogens (tertiary/aromatic N) is 5.